The van der Waals surface area contributed by atoms with Gasteiger partial charge < -0.3 is 14.7 Å². The minimum absolute atomic E-state index is 0.0351. The highest BCUT2D eigenvalue weighted by atomic mass is 16.5. The maximum Gasteiger partial charge on any atom is 0.335 e. The molecule has 2 heterocycles. The largest absolute Gasteiger partial charge is 0.478 e. The maximum absolute atomic E-state index is 12.7. The van der Waals surface area contributed by atoms with Crippen molar-refractivity contribution in [3.8, 4) is 0 Å². The molecule has 2 aliphatic heterocycles. The van der Waals surface area contributed by atoms with Crippen molar-refractivity contribution in [3.05, 3.63) is 34.9 Å². The van der Waals surface area contributed by atoms with Crippen LogP contribution < -0.4 is 0 Å². The number of amides is 1. The first-order valence-corrected chi connectivity index (χ1v) is 7.80. The van der Waals surface area contributed by atoms with Gasteiger partial charge in [0.25, 0.3) is 0 Å². The number of carbonyl (C=O) groups excluding carboxylic acids is 1. The summed E-state index contributed by atoms with van der Waals surface area (Å²) in [7, 11) is 0. The van der Waals surface area contributed by atoms with Crippen LogP contribution in [0.2, 0.25) is 0 Å². The number of hydrogen-bond acceptors (Lipinski definition) is 3. The lowest BCUT2D eigenvalue weighted by Crippen LogP contribution is -2.42. The zero-order chi connectivity index (χ0) is 15.7. The van der Waals surface area contributed by atoms with Crippen LogP contribution in [0.4, 0.5) is 0 Å². The van der Waals surface area contributed by atoms with Crippen molar-refractivity contribution in [1.82, 2.24) is 4.90 Å². The number of benzene rings is 1. The molecule has 5 heteroatoms. The van der Waals surface area contributed by atoms with E-state index in [9.17, 15) is 9.59 Å². The van der Waals surface area contributed by atoms with Gasteiger partial charge in [0, 0.05) is 25.6 Å². The van der Waals surface area contributed by atoms with E-state index in [1.807, 2.05) is 17.9 Å². The Balaban J connectivity index is 1.74. The number of fused-ring (bicyclic) bond motifs is 1. The topological polar surface area (TPSA) is 66.8 Å². The van der Waals surface area contributed by atoms with Gasteiger partial charge in [-0.25, -0.2) is 4.79 Å². The van der Waals surface area contributed by atoms with Gasteiger partial charge in [0.05, 0.1) is 11.7 Å². The molecule has 3 rings (SSSR count). The molecule has 118 valence electrons. The van der Waals surface area contributed by atoms with E-state index in [0.29, 0.717) is 19.7 Å². The third-order valence-corrected chi connectivity index (χ3v) is 4.61. The number of ether oxygens (including phenoxy) is 1. The van der Waals surface area contributed by atoms with Crippen LogP contribution in [0.3, 0.4) is 0 Å². The first kappa shape index (κ1) is 15.0. The van der Waals surface area contributed by atoms with Crippen LogP contribution >= 0.6 is 0 Å². The van der Waals surface area contributed by atoms with Gasteiger partial charge >= 0.3 is 5.97 Å². The summed E-state index contributed by atoms with van der Waals surface area (Å²) < 4.78 is 5.51. The second-order valence-corrected chi connectivity index (χ2v) is 6.20. The predicted molar refractivity (Wildman–Crippen MR) is 80.7 cm³/mol. The molecule has 0 radical (unpaired) electrons. The van der Waals surface area contributed by atoms with Gasteiger partial charge in [-0.2, -0.15) is 0 Å². The van der Waals surface area contributed by atoms with Gasteiger partial charge in [-0.3, -0.25) is 4.79 Å². The summed E-state index contributed by atoms with van der Waals surface area (Å²) in [5.41, 5.74) is 2.39. The van der Waals surface area contributed by atoms with Crippen molar-refractivity contribution in [3.63, 3.8) is 0 Å². The van der Waals surface area contributed by atoms with Gasteiger partial charge in [-0.15, -0.1) is 0 Å². The van der Waals surface area contributed by atoms with E-state index in [1.54, 1.807) is 12.1 Å². The van der Waals surface area contributed by atoms with E-state index in [2.05, 4.69) is 0 Å². The molecule has 1 fully saturated rings. The summed E-state index contributed by atoms with van der Waals surface area (Å²) >= 11 is 0. The molecule has 1 saturated heterocycles. The van der Waals surface area contributed by atoms with Crippen molar-refractivity contribution < 1.29 is 19.4 Å². The Morgan fingerprint density at radius 3 is 2.86 bits per heavy atom. The Labute approximate surface area is 129 Å². The molecule has 0 aliphatic carbocycles. The zero-order valence-corrected chi connectivity index (χ0v) is 12.7. The van der Waals surface area contributed by atoms with Crippen LogP contribution in [-0.4, -0.2) is 41.1 Å². The molecule has 22 heavy (non-hydrogen) atoms. The summed E-state index contributed by atoms with van der Waals surface area (Å²) in [6.45, 7) is 3.88. The first-order valence-electron chi connectivity index (χ1n) is 7.80. The predicted octanol–water partition coefficient (Wildman–Crippen LogP) is 2.08. The van der Waals surface area contributed by atoms with E-state index in [0.717, 1.165) is 30.4 Å². The highest BCUT2D eigenvalue weighted by Crippen LogP contribution is 2.26. The van der Waals surface area contributed by atoms with Crippen molar-refractivity contribution in [2.75, 3.05) is 13.2 Å². The van der Waals surface area contributed by atoms with Crippen molar-refractivity contribution in [1.29, 1.82) is 0 Å². The summed E-state index contributed by atoms with van der Waals surface area (Å²) in [6, 6.07) is 5.21. The molecule has 1 N–H and O–H groups in total. The molecule has 0 spiro atoms. The van der Waals surface area contributed by atoms with E-state index in [1.165, 1.54) is 0 Å². The molecule has 2 aliphatic rings. The fourth-order valence-electron chi connectivity index (χ4n) is 3.36. The number of carboxylic acid groups (broad SMARTS) is 1. The van der Waals surface area contributed by atoms with Crippen LogP contribution in [0.5, 0.6) is 0 Å². The monoisotopic (exact) mass is 303 g/mol. The van der Waals surface area contributed by atoms with Crippen LogP contribution in [0, 0.1) is 5.92 Å². The minimum Gasteiger partial charge on any atom is -0.478 e. The van der Waals surface area contributed by atoms with E-state index in [-0.39, 0.29) is 23.5 Å². The standard InChI is InChI=1S/C17H21NO4/c1-11-8-13(5-7-22-11)16(19)18-6-4-12-2-3-14(17(20)21)9-15(12)10-18/h2-3,9,11,13H,4-8,10H2,1H3,(H,20,21). The number of hydrogen-bond donors (Lipinski definition) is 1. The molecule has 2 unspecified atom stereocenters. The number of aromatic carboxylic acids is 1. The first-order chi connectivity index (χ1) is 10.5. The average Bonchev–Trinajstić information content (AvgIpc) is 2.53. The molecule has 0 bridgehead atoms. The highest BCUT2D eigenvalue weighted by Gasteiger charge is 2.31. The number of carboxylic acids is 1. The second kappa shape index (κ2) is 6.08. The molecule has 1 aromatic rings. The fourth-order valence-corrected chi connectivity index (χ4v) is 3.36. The van der Waals surface area contributed by atoms with Gasteiger partial charge in [0.2, 0.25) is 5.91 Å². The number of rotatable bonds is 2. The Morgan fingerprint density at radius 1 is 1.32 bits per heavy atom. The lowest BCUT2D eigenvalue weighted by Gasteiger charge is -2.34. The van der Waals surface area contributed by atoms with Gasteiger partial charge in [0.15, 0.2) is 0 Å². The van der Waals surface area contributed by atoms with Crippen molar-refractivity contribution in [2.45, 2.75) is 38.8 Å². The molecule has 5 nitrogen and oxygen atoms in total. The zero-order valence-electron chi connectivity index (χ0n) is 12.7. The summed E-state index contributed by atoms with van der Waals surface area (Å²) in [5, 5.41) is 9.10. The number of carbonyl (C=O) groups is 2. The molecule has 1 aromatic carbocycles. The maximum atomic E-state index is 12.7. The second-order valence-electron chi connectivity index (χ2n) is 6.20. The molecule has 1 amide bonds. The minimum atomic E-state index is -0.926. The van der Waals surface area contributed by atoms with Crippen LogP contribution in [-0.2, 0) is 22.5 Å². The molecule has 0 aromatic heterocycles. The number of nitrogens with zero attached hydrogens (tertiary/aromatic N) is 1. The quantitative estimate of drug-likeness (QED) is 0.908. The normalized spacial score (nSPS) is 24.7. The van der Waals surface area contributed by atoms with E-state index in [4.69, 9.17) is 9.84 Å². The molecular weight excluding hydrogens is 282 g/mol. The SMILES string of the molecule is CC1CC(C(=O)N2CCc3ccc(C(=O)O)cc3C2)CCO1. The Kier molecular flexibility index (Phi) is 4.16. The van der Waals surface area contributed by atoms with E-state index < -0.39 is 5.97 Å². The van der Waals surface area contributed by atoms with Gasteiger partial charge in [-0.05, 0) is 49.4 Å². The smallest absolute Gasteiger partial charge is 0.335 e. The lowest BCUT2D eigenvalue weighted by atomic mass is 9.92. The molecule has 0 saturated carbocycles. The Hall–Kier alpha value is -1.88. The third-order valence-electron chi connectivity index (χ3n) is 4.61. The average molecular weight is 303 g/mol. The Morgan fingerprint density at radius 2 is 2.14 bits per heavy atom. The van der Waals surface area contributed by atoms with Crippen LogP contribution in [0.25, 0.3) is 0 Å². The third kappa shape index (κ3) is 2.99. The summed E-state index contributed by atoms with van der Waals surface area (Å²) in [5.74, 6) is -0.709. The highest BCUT2D eigenvalue weighted by molar-refractivity contribution is 5.88. The fraction of sp³-hybridized carbons (Fsp3) is 0.529. The lowest BCUT2D eigenvalue weighted by molar-refractivity contribution is -0.141. The van der Waals surface area contributed by atoms with Gasteiger partial charge in [0.1, 0.15) is 0 Å². The van der Waals surface area contributed by atoms with Crippen LogP contribution in [0.15, 0.2) is 18.2 Å². The van der Waals surface area contributed by atoms with Crippen molar-refractivity contribution in [2.24, 2.45) is 5.92 Å². The van der Waals surface area contributed by atoms with Crippen molar-refractivity contribution >= 4 is 11.9 Å². The summed E-state index contributed by atoms with van der Waals surface area (Å²) in [4.78, 5) is 25.6. The summed E-state index contributed by atoms with van der Waals surface area (Å²) in [6.07, 6.45) is 2.48. The van der Waals surface area contributed by atoms with E-state index >= 15 is 0 Å². The Bertz CT molecular complexity index is 598. The van der Waals surface area contributed by atoms with Crippen LogP contribution in [0.1, 0.15) is 41.3 Å². The molecular formula is C17H21NO4. The van der Waals surface area contributed by atoms with Gasteiger partial charge in [-0.1, -0.05) is 6.07 Å². The molecule has 2 atom stereocenters.